The smallest absolute Gasteiger partial charge is 0.189 e. The van der Waals surface area contributed by atoms with Crippen LogP contribution in [-0.4, -0.2) is 24.4 Å². The largest absolute Gasteiger partial charge is 0.468 e. The van der Waals surface area contributed by atoms with Crippen LogP contribution in [0.15, 0.2) is 48.5 Å². The predicted molar refractivity (Wildman–Crippen MR) is 84.3 cm³/mol. The Hall–Kier alpha value is -1.96. The molecule has 4 heteroatoms. The molecule has 0 saturated carbocycles. The summed E-state index contributed by atoms with van der Waals surface area (Å²) in [5.41, 5.74) is 2.86. The van der Waals surface area contributed by atoms with E-state index in [4.69, 9.17) is 14.7 Å². The van der Waals surface area contributed by atoms with Gasteiger partial charge in [0, 0.05) is 11.0 Å². The van der Waals surface area contributed by atoms with Crippen LogP contribution in [0.3, 0.4) is 0 Å². The molecule has 0 spiro atoms. The molecule has 0 bridgehead atoms. The van der Waals surface area contributed by atoms with Gasteiger partial charge >= 0.3 is 0 Å². The van der Waals surface area contributed by atoms with E-state index in [1.54, 1.807) is 0 Å². The zero-order chi connectivity index (χ0) is 14.5. The third-order valence-electron chi connectivity index (χ3n) is 3.22. The van der Waals surface area contributed by atoms with E-state index in [1.807, 2.05) is 60.3 Å². The fourth-order valence-electron chi connectivity index (χ4n) is 1.93. The van der Waals surface area contributed by atoms with Gasteiger partial charge in [-0.3, -0.25) is 0 Å². The summed E-state index contributed by atoms with van der Waals surface area (Å²) in [7, 11) is 0. The van der Waals surface area contributed by atoms with Gasteiger partial charge in [0.05, 0.1) is 18.2 Å². The molecule has 1 aliphatic rings. The van der Waals surface area contributed by atoms with Gasteiger partial charge in [0.25, 0.3) is 0 Å². The molecule has 0 N–H and O–H groups in total. The first-order valence-corrected chi connectivity index (χ1v) is 7.83. The first kappa shape index (κ1) is 14.0. The van der Waals surface area contributed by atoms with Crippen molar-refractivity contribution in [3.63, 3.8) is 0 Å². The molecule has 0 amide bonds. The van der Waals surface area contributed by atoms with Gasteiger partial charge in [0.1, 0.15) is 5.75 Å². The molecule has 1 unspecified atom stereocenters. The Morgan fingerprint density at radius 2 is 1.67 bits per heavy atom. The molecular weight excluding hydrogens is 282 g/mol. The lowest BCUT2D eigenvalue weighted by Gasteiger charge is -2.07. The van der Waals surface area contributed by atoms with Crippen LogP contribution in [0.4, 0.5) is 0 Å². The van der Waals surface area contributed by atoms with Crippen LogP contribution in [0.1, 0.15) is 5.56 Å². The Balaban J connectivity index is 1.56. The Morgan fingerprint density at radius 1 is 1.05 bits per heavy atom. The average molecular weight is 297 g/mol. The lowest BCUT2D eigenvalue weighted by molar-refractivity contribution is 0.0195. The van der Waals surface area contributed by atoms with Crippen LogP contribution in [0.2, 0.25) is 0 Å². The molecule has 1 saturated heterocycles. The minimum atomic E-state index is 0.299. The van der Waals surface area contributed by atoms with Gasteiger partial charge in [-0.2, -0.15) is 17.0 Å². The van der Waals surface area contributed by atoms with Crippen LogP contribution in [0.25, 0.3) is 11.1 Å². The molecule has 1 heterocycles. The molecular formula is C17H15NO2S. The highest BCUT2D eigenvalue weighted by Gasteiger charge is 2.22. The van der Waals surface area contributed by atoms with Crippen molar-refractivity contribution >= 4 is 11.8 Å². The number of nitrogens with zero attached hydrogens (tertiary/aromatic N) is 1. The number of ether oxygens (including phenoxy) is 2. The number of nitriles is 1. The van der Waals surface area contributed by atoms with Gasteiger partial charge in [0.15, 0.2) is 6.79 Å². The lowest BCUT2D eigenvalue weighted by atomic mass is 10.0. The van der Waals surface area contributed by atoms with E-state index < -0.39 is 0 Å². The molecule has 1 atom stereocenters. The first-order valence-electron chi connectivity index (χ1n) is 6.78. The monoisotopic (exact) mass is 297 g/mol. The van der Waals surface area contributed by atoms with E-state index in [1.165, 1.54) is 5.75 Å². The Labute approximate surface area is 128 Å². The number of hydrogen-bond acceptors (Lipinski definition) is 4. The van der Waals surface area contributed by atoms with E-state index in [-0.39, 0.29) is 0 Å². The highest BCUT2D eigenvalue weighted by molar-refractivity contribution is 8.06. The summed E-state index contributed by atoms with van der Waals surface area (Å²) < 4.78 is 11.0. The Kier molecular flexibility index (Phi) is 4.44. The molecule has 3 nitrogen and oxygen atoms in total. The van der Waals surface area contributed by atoms with E-state index in [0.717, 1.165) is 23.5 Å². The minimum Gasteiger partial charge on any atom is -0.468 e. The second-order valence-corrected chi connectivity index (χ2v) is 6.14. The topological polar surface area (TPSA) is 42.2 Å². The van der Waals surface area contributed by atoms with Gasteiger partial charge in [-0.15, -0.1) is 0 Å². The molecule has 0 aromatic heterocycles. The number of benzene rings is 2. The van der Waals surface area contributed by atoms with E-state index >= 15 is 0 Å². The summed E-state index contributed by atoms with van der Waals surface area (Å²) >= 11 is 1.92. The third kappa shape index (κ3) is 4.01. The van der Waals surface area contributed by atoms with Crippen LogP contribution in [0, 0.1) is 11.3 Å². The molecule has 0 aliphatic carbocycles. The Morgan fingerprint density at radius 3 is 2.24 bits per heavy atom. The summed E-state index contributed by atoms with van der Waals surface area (Å²) in [6.07, 6.45) is 0. The maximum atomic E-state index is 8.80. The van der Waals surface area contributed by atoms with Crippen LogP contribution >= 0.6 is 11.8 Å². The second-order valence-electron chi connectivity index (χ2n) is 4.80. The molecule has 106 valence electrons. The summed E-state index contributed by atoms with van der Waals surface area (Å²) in [4.78, 5) is 0. The average Bonchev–Trinajstić information content (AvgIpc) is 3.37. The van der Waals surface area contributed by atoms with Gasteiger partial charge < -0.3 is 9.47 Å². The number of thioether (sulfide) groups is 1. The van der Waals surface area contributed by atoms with Crippen molar-refractivity contribution in [2.45, 2.75) is 5.25 Å². The zero-order valence-electron chi connectivity index (χ0n) is 11.5. The Bertz CT molecular complexity index is 627. The van der Waals surface area contributed by atoms with Crippen molar-refractivity contribution in [2.24, 2.45) is 0 Å². The highest BCUT2D eigenvalue weighted by Crippen LogP contribution is 2.29. The standard InChI is InChI=1S/C17H15NO2S/c18-9-13-1-3-14(4-2-13)15-5-7-16(8-6-15)20-12-19-10-17-11-21-17/h1-8,17H,10-12H2. The zero-order valence-corrected chi connectivity index (χ0v) is 12.3. The van der Waals surface area contributed by atoms with E-state index in [0.29, 0.717) is 17.6 Å². The van der Waals surface area contributed by atoms with Crippen molar-refractivity contribution in [1.29, 1.82) is 5.26 Å². The van der Waals surface area contributed by atoms with Crippen molar-refractivity contribution in [3.8, 4) is 22.9 Å². The molecule has 3 rings (SSSR count). The molecule has 1 aliphatic heterocycles. The van der Waals surface area contributed by atoms with Crippen LogP contribution < -0.4 is 4.74 Å². The summed E-state index contributed by atoms with van der Waals surface area (Å²) in [5, 5.41) is 9.47. The quantitative estimate of drug-likeness (QED) is 0.463. The first-order chi connectivity index (χ1) is 10.3. The van der Waals surface area contributed by atoms with Gasteiger partial charge in [-0.25, -0.2) is 0 Å². The van der Waals surface area contributed by atoms with Crippen LogP contribution in [-0.2, 0) is 4.74 Å². The number of hydrogen-bond donors (Lipinski definition) is 0. The number of rotatable bonds is 6. The molecule has 21 heavy (non-hydrogen) atoms. The van der Waals surface area contributed by atoms with Gasteiger partial charge in [0.2, 0.25) is 0 Å². The van der Waals surface area contributed by atoms with Gasteiger partial charge in [-0.1, -0.05) is 24.3 Å². The van der Waals surface area contributed by atoms with Crippen molar-refractivity contribution < 1.29 is 9.47 Å². The lowest BCUT2D eigenvalue weighted by Crippen LogP contribution is -2.07. The maximum absolute atomic E-state index is 8.80. The van der Waals surface area contributed by atoms with Crippen LogP contribution in [0.5, 0.6) is 5.75 Å². The molecule has 0 radical (unpaired) electrons. The predicted octanol–water partition coefficient (Wildman–Crippen LogP) is 3.69. The summed E-state index contributed by atoms with van der Waals surface area (Å²) in [6.45, 7) is 1.07. The van der Waals surface area contributed by atoms with Crippen molar-refractivity contribution in [3.05, 3.63) is 54.1 Å². The normalized spacial score (nSPS) is 16.2. The third-order valence-corrected chi connectivity index (χ3v) is 4.16. The molecule has 2 aromatic rings. The van der Waals surface area contributed by atoms with Crippen molar-refractivity contribution in [2.75, 3.05) is 19.2 Å². The van der Waals surface area contributed by atoms with Gasteiger partial charge in [-0.05, 0) is 35.4 Å². The molecule has 2 aromatic carbocycles. The fraction of sp³-hybridized carbons (Fsp3) is 0.235. The fourth-order valence-corrected chi connectivity index (χ4v) is 2.36. The molecule has 1 fully saturated rings. The van der Waals surface area contributed by atoms with Crippen molar-refractivity contribution in [1.82, 2.24) is 0 Å². The van der Waals surface area contributed by atoms with E-state index in [2.05, 4.69) is 6.07 Å². The SMILES string of the molecule is N#Cc1ccc(-c2ccc(OCOCC3CS3)cc2)cc1. The highest BCUT2D eigenvalue weighted by atomic mass is 32.2. The summed E-state index contributed by atoms with van der Waals surface area (Å²) in [5.74, 6) is 2.01. The van der Waals surface area contributed by atoms with E-state index in [9.17, 15) is 0 Å². The minimum absolute atomic E-state index is 0.299. The second kappa shape index (κ2) is 6.66. The summed E-state index contributed by atoms with van der Waals surface area (Å²) in [6, 6.07) is 17.5. The maximum Gasteiger partial charge on any atom is 0.189 e.